The van der Waals surface area contributed by atoms with Crippen molar-refractivity contribution >= 4 is 17.1 Å². The molecule has 1 aliphatic carbocycles. The van der Waals surface area contributed by atoms with Crippen molar-refractivity contribution in [2.75, 3.05) is 4.90 Å². The van der Waals surface area contributed by atoms with Crippen LogP contribution in [0.2, 0.25) is 0 Å². The molecule has 2 nitrogen and oxygen atoms in total. The zero-order chi connectivity index (χ0) is 39.2. The summed E-state index contributed by atoms with van der Waals surface area (Å²) in [5.74, 6) is 1.97. The number of anilines is 3. The maximum absolute atomic E-state index is 7.37. The van der Waals surface area contributed by atoms with Crippen molar-refractivity contribution in [3.05, 3.63) is 117 Å². The van der Waals surface area contributed by atoms with Gasteiger partial charge < -0.3 is 9.64 Å². The Hall–Kier alpha value is -4.30. The van der Waals surface area contributed by atoms with Crippen molar-refractivity contribution in [2.24, 2.45) is 0 Å². The average Bonchev–Trinajstić information content (AvgIpc) is 3.37. The Labute approximate surface area is 320 Å². The van der Waals surface area contributed by atoms with Gasteiger partial charge in [0, 0.05) is 11.0 Å². The molecule has 7 rings (SSSR count). The van der Waals surface area contributed by atoms with Gasteiger partial charge >= 0.3 is 0 Å². The van der Waals surface area contributed by atoms with Gasteiger partial charge in [0.25, 0.3) is 0 Å². The molecule has 0 saturated carbocycles. The van der Waals surface area contributed by atoms with E-state index in [1.54, 1.807) is 0 Å². The first kappa shape index (κ1) is 37.0. The maximum Gasteiger partial charge on any atom is 0.155 e. The molecule has 0 unspecified atom stereocenters. The first-order valence-electron chi connectivity index (χ1n) is 19.7. The smallest absolute Gasteiger partial charge is 0.155 e. The van der Waals surface area contributed by atoms with E-state index in [0.29, 0.717) is 0 Å². The predicted octanol–water partition coefficient (Wildman–Crippen LogP) is 14.8. The molecule has 0 N–H and O–H groups in total. The Morgan fingerprint density at radius 2 is 0.717 bits per heavy atom. The van der Waals surface area contributed by atoms with Crippen LogP contribution in [0, 0.1) is 125 Å². The molecule has 0 radical (unpaired) electrons. The number of fused-ring (bicyclic) bond motifs is 5. The summed E-state index contributed by atoms with van der Waals surface area (Å²) in [5.41, 5.74) is 36.3. The van der Waals surface area contributed by atoms with E-state index < -0.39 is 0 Å². The number of hydrogen-bond donors (Lipinski definition) is 0. The van der Waals surface area contributed by atoms with Crippen molar-refractivity contribution in [3.8, 4) is 33.8 Å². The van der Waals surface area contributed by atoms with Crippen molar-refractivity contribution in [3.63, 3.8) is 0 Å². The van der Waals surface area contributed by atoms with E-state index in [2.05, 4.69) is 149 Å². The van der Waals surface area contributed by atoms with Crippen molar-refractivity contribution in [1.82, 2.24) is 0 Å². The third-order valence-corrected chi connectivity index (χ3v) is 14.8. The molecule has 0 atom stereocenters. The summed E-state index contributed by atoms with van der Waals surface area (Å²) in [7, 11) is 0. The number of nitrogens with zero attached hydrogens (tertiary/aromatic N) is 1. The van der Waals surface area contributed by atoms with Crippen LogP contribution in [0.15, 0.2) is 6.07 Å². The minimum Gasteiger partial charge on any atom is -0.452 e. The summed E-state index contributed by atoms with van der Waals surface area (Å²) in [6.45, 7) is 46.5. The number of rotatable bonds is 2. The second kappa shape index (κ2) is 11.8. The van der Waals surface area contributed by atoms with Crippen LogP contribution < -0.4 is 9.64 Å². The summed E-state index contributed by atoms with van der Waals surface area (Å²) in [5, 5.41) is 0. The van der Waals surface area contributed by atoms with Gasteiger partial charge in [-0.3, -0.25) is 0 Å². The van der Waals surface area contributed by atoms with E-state index in [4.69, 9.17) is 4.74 Å². The standard InChI is InChI=1S/C51H61NO/c1-22-21-23(2)44-42(24(22)3)43-31(10)30(9)40(38(17)45(43)51(44,19)20)41-32(11)36(15)48-50(39(41)18)53-49-37(16)29(8)28(7)35(14)47(49)52(48)46-33(12)26(5)25(4)27(6)34(46)13/h21H,1-20H3. The monoisotopic (exact) mass is 703 g/mol. The van der Waals surface area contributed by atoms with E-state index in [1.165, 1.54) is 151 Å². The third-order valence-electron chi connectivity index (χ3n) is 14.8. The second-order valence-electron chi connectivity index (χ2n) is 17.5. The highest BCUT2D eigenvalue weighted by molar-refractivity contribution is 5.99. The minimum absolute atomic E-state index is 0.109. The molecule has 5 aromatic rings. The van der Waals surface area contributed by atoms with E-state index in [0.717, 1.165) is 11.5 Å². The molecule has 2 heteroatoms. The van der Waals surface area contributed by atoms with Crippen LogP contribution in [0.3, 0.4) is 0 Å². The van der Waals surface area contributed by atoms with Crippen molar-refractivity contribution in [1.29, 1.82) is 0 Å². The average molecular weight is 704 g/mol. The lowest BCUT2D eigenvalue weighted by Gasteiger charge is -2.41. The second-order valence-corrected chi connectivity index (χ2v) is 17.5. The van der Waals surface area contributed by atoms with Crippen LogP contribution in [-0.4, -0.2) is 0 Å². The summed E-state index contributed by atoms with van der Waals surface area (Å²) in [6, 6.07) is 2.40. The molecule has 276 valence electrons. The lowest BCUT2D eigenvalue weighted by Crippen LogP contribution is -2.24. The topological polar surface area (TPSA) is 12.5 Å². The van der Waals surface area contributed by atoms with Crippen LogP contribution in [0.5, 0.6) is 11.5 Å². The maximum atomic E-state index is 7.37. The van der Waals surface area contributed by atoms with Gasteiger partial charge in [-0.1, -0.05) is 19.9 Å². The number of ether oxygens (including phenoxy) is 1. The first-order chi connectivity index (χ1) is 24.6. The van der Waals surface area contributed by atoms with Gasteiger partial charge in [-0.15, -0.1) is 0 Å². The first-order valence-corrected chi connectivity index (χ1v) is 19.7. The molecule has 1 heterocycles. The van der Waals surface area contributed by atoms with E-state index in [-0.39, 0.29) is 5.41 Å². The van der Waals surface area contributed by atoms with Gasteiger partial charge in [0.05, 0.1) is 17.1 Å². The van der Waals surface area contributed by atoms with Crippen LogP contribution in [0.4, 0.5) is 17.1 Å². The molecule has 0 saturated heterocycles. The zero-order valence-corrected chi connectivity index (χ0v) is 36.4. The van der Waals surface area contributed by atoms with Gasteiger partial charge in [0.15, 0.2) is 11.5 Å². The zero-order valence-electron chi connectivity index (χ0n) is 36.4. The SMILES string of the molecule is Cc1cc(C)c2c(c1C)-c1c(C)c(C)c(-c3c(C)c(C)c4c(c3C)Oc3c(C)c(C)c(C)c(C)c3N4c3c(C)c(C)c(C)c(C)c3C)c(C)c1C2(C)C. The van der Waals surface area contributed by atoms with E-state index >= 15 is 0 Å². The van der Waals surface area contributed by atoms with Crippen LogP contribution >= 0.6 is 0 Å². The van der Waals surface area contributed by atoms with Crippen LogP contribution in [-0.2, 0) is 5.41 Å². The normalized spacial score (nSPS) is 13.9. The lowest BCUT2D eigenvalue weighted by atomic mass is 9.74. The molecule has 53 heavy (non-hydrogen) atoms. The highest BCUT2D eigenvalue weighted by atomic mass is 16.5. The highest BCUT2D eigenvalue weighted by Gasteiger charge is 2.43. The fourth-order valence-corrected chi connectivity index (χ4v) is 10.7. The van der Waals surface area contributed by atoms with Gasteiger partial charge in [-0.05, 0) is 253 Å². The number of aryl methyl sites for hydroxylation is 2. The van der Waals surface area contributed by atoms with E-state index in [1.807, 2.05) is 0 Å². The van der Waals surface area contributed by atoms with Gasteiger partial charge in [0.2, 0.25) is 0 Å². The molecule has 2 aliphatic rings. The Bertz CT molecular complexity index is 2460. The van der Waals surface area contributed by atoms with Gasteiger partial charge in [0.1, 0.15) is 0 Å². The molecule has 0 amide bonds. The van der Waals surface area contributed by atoms with Crippen molar-refractivity contribution < 1.29 is 4.74 Å². The van der Waals surface area contributed by atoms with Gasteiger partial charge in [-0.2, -0.15) is 0 Å². The fraction of sp³-hybridized carbons (Fsp3) is 0.412. The number of benzene rings is 5. The molecule has 0 spiro atoms. The molecule has 5 aromatic carbocycles. The summed E-state index contributed by atoms with van der Waals surface area (Å²) >= 11 is 0. The lowest BCUT2D eigenvalue weighted by molar-refractivity contribution is 0.468. The third kappa shape index (κ3) is 4.57. The van der Waals surface area contributed by atoms with E-state index in [9.17, 15) is 0 Å². The summed E-state index contributed by atoms with van der Waals surface area (Å²) in [6.07, 6.45) is 0. The quantitative estimate of drug-likeness (QED) is 0.178. The van der Waals surface area contributed by atoms with Gasteiger partial charge in [-0.25, -0.2) is 0 Å². The Morgan fingerprint density at radius 1 is 0.340 bits per heavy atom. The van der Waals surface area contributed by atoms with Crippen molar-refractivity contribution in [2.45, 2.75) is 144 Å². The highest BCUT2D eigenvalue weighted by Crippen LogP contribution is 2.62. The Balaban J connectivity index is 1.62. The summed E-state index contributed by atoms with van der Waals surface area (Å²) < 4.78 is 7.37. The fourth-order valence-electron chi connectivity index (χ4n) is 10.7. The molecule has 0 aromatic heterocycles. The minimum atomic E-state index is -0.109. The van der Waals surface area contributed by atoms with Crippen LogP contribution in [0.1, 0.15) is 125 Å². The Morgan fingerprint density at radius 3 is 1.26 bits per heavy atom. The van der Waals surface area contributed by atoms with Crippen LogP contribution in [0.25, 0.3) is 22.3 Å². The molecule has 0 bridgehead atoms. The molecular weight excluding hydrogens is 643 g/mol. The Kier molecular flexibility index (Phi) is 8.28. The molecular formula is C51H61NO. The summed E-state index contributed by atoms with van der Waals surface area (Å²) in [4.78, 5) is 2.60. The molecule has 0 fully saturated rings. The number of hydrogen-bond acceptors (Lipinski definition) is 2. The predicted molar refractivity (Wildman–Crippen MR) is 229 cm³/mol. The largest absolute Gasteiger partial charge is 0.452 e. The molecule has 1 aliphatic heterocycles.